The number of ether oxygens (including phenoxy) is 1. The van der Waals surface area contributed by atoms with Gasteiger partial charge < -0.3 is 4.74 Å². The number of pyridine rings is 1. The van der Waals surface area contributed by atoms with E-state index in [1.807, 2.05) is 37.3 Å². The topological polar surface area (TPSA) is 57.0 Å². The van der Waals surface area contributed by atoms with Gasteiger partial charge in [-0.3, -0.25) is 4.79 Å². The van der Waals surface area contributed by atoms with Crippen molar-refractivity contribution in [2.24, 2.45) is 0 Å². The molecule has 0 atom stereocenters. The summed E-state index contributed by atoms with van der Waals surface area (Å²) in [6.07, 6.45) is 6.91. The first-order valence-corrected chi connectivity index (χ1v) is 8.56. The van der Waals surface area contributed by atoms with Gasteiger partial charge in [0, 0.05) is 22.9 Å². The minimum atomic E-state index is -0.104. The van der Waals surface area contributed by atoms with Crippen molar-refractivity contribution in [3.05, 3.63) is 81.4 Å². The highest BCUT2D eigenvalue weighted by atomic mass is 16.5. The van der Waals surface area contributed by atoms with Crippen LogP contribution in [0, 0.1) is 6.92 Å². The second kappa shape index (κ2) is 6.59. The summed E-state index contributed by atoms with van der Waals surface area (Å²) in [6, 6.07) is 11.6. The number of aromatic nitrogens is 3. The van der Waals surface area contributed by atoms with Crippen LogP contribution in [0.4, 0.5) is 0 Å². The molecule has 0 unspecified atom stereocenters. The van der Waals surface area contributed by atoms with Gasteiger partial charge in [0.25, 0.3) is 5.56 Å². The van der Waals surface area contributed by atoms with E-state index in [-0.39, 0.29) is 5.56 Å². The maximum absolute atomic E-state index is 12.8. The molecule has 4 rings (SSSR count). The number of rotatable bonds is 3. The van der Waals surface area contributed by atoms with E-state index >= 15 is 0 Å². The molecule has 0 saturated heterocycles. The molecule has 2 aromatic heterocycles. The van der Waals surface area contributed by atoms with Crippen molar-refractivity contribution in [3.63, 3.8) is 0 Å². The Hall–Kier alpha value is -3.21. The molecular formula is C21H19N3O2. The highest BCUT2D eigenvalue weighted by molar-refractivity contribution is 5.86. The molecule has 1 aliphatic carbocycles. The van der Waals surface area contributed by atoms with Gasteiger partial charge >= 0.3 is 0 Å². The fraction of sp³-hybridized carbons (Fsp3) is 0.190. The molecule has 130 valence electrons. The highest BCUT2D eigenvalue weighted by Crippen LogP contribution is 2.35. The number of benzene rings is 1. The van der Waals surface area contributed by atoms with Gasteiger partial charge in [-0.2, -0.15) is 9.78 Å². The molecule has 5 heteroatoms. The summed E-state index contributed by atoms with van der Waals surface area (Å²) in [5.74, 6) is 1.42. The summed E-state index contributed by atoms with van der Waals surface area (Å²) in [5.41, 5.74) is 4.88. The minimum Gasteiger partial charge on any atom is -0.496 e. The lowest BCUT2D eigenvalue weighted by molar-refractivity contribution is 0.410. The van der Waals surface area contributed by atoms with Crippen LogP contribution in [0.2, 0.25) is 0 Å². The van der Waals surface area contributed by atoms with Crippen LogP contribution in [0.3, 0.4) is 0 Å². The first-order valence-electron chi connectivity index (χ1n) is 8.56. The quantitative estimate of drug-likeness (QED) is 0.730. The van der Waals surface area contributed by atoms with Crippen LogP contribution in [0.25, 0.3) is 17.5 Å². The monoisotopic (exact) mass is 345 g/mol. The first-order chi connectivity index (χ1) is 12.7. The van der Waals surface area contributed by atoms with Crippen molar-refractivity contribution < 1.29 is 4.74 Å². The Morgan fingerprint density at radius 1 is 1.12 bits per heavy atom. The molecule has 3 aromatic rings. The first kappa shape index (κ1) is 16.3. The maximum Gasteiger partial charge on any atom is 0.276 e. The molecule has 0 aliphatic heterocycles. The number of methoxy groups -OCH3 is 1. The number of para-hydroxylation sites is 1. The zero-order chi connectivity index (χ0) is 18.1. The van der Waals surface area contributed by atoms with Gasteiger partial charge in [-0.05, 0) is 49.1 Å². The fourth-order valence-corrected chi connectivity index (χ4v) is 3.43. The predicted octanol–water partition coefficient (Wildman–Crippen LogP) is 3.43. The standard InChI is InChI=1S/C21H19N3O2/c1-14-6-5-7-17(20(14)26-2)15-9-10-18-16(12-15)13-23-24(21(18)25)19-8-3-4-11-22-19/h3-8,11-13H,9-10H2,1-2H3. The molecule has 1 aliphatic rings. The van der Waals surface area contributed by atoms with Crippen molar-refractivity contribution in [1.82, 2.24) is 14.8 Å². The Morgan fingerprint density at radius 2 is 2.00 bits per heavy atom. The van der Waals surface area contributed by atoms with E-state index in [0.717, 1.165) is 40.0 Å². The molecule has 0 N–H and O–H groups in total. The van der Waals surface area contributed by atoms with E-state index < -0.39 is 0 Å². The van der Waals surface area contributed by atoms with E-state index in [9.17, 15) is 4.79 Å². The predicted molar refractivity (Wildman–Crippen MR) is 102 cm³/mol. The summed E-state index contributed by atoms with van der Waals surface area (Å²) in [7, 11) is 1.69. The van der Waals surface area contributed by atoms with Crippen molar-refractivity contribution in [2.45, 2.75) is 19.8 Å². The highest BCUT2D eigenvalue weighted by Gasteiger charge is 2.20. The van der Waals surface area contributed by atoms with Crippen LogP contribution in [-0.4, -0.2) is 21.9 Å². The third kappa shape index (κ3) is 2.71. The lowest BCUT2D eigenvalue weighted by atomic mass is 9.89. The smallest absolute Gasteiger partial charge is 0.276 e. The summed E-state index contributed by atoms with van der Waals surface area (Å²) in [6.45, 7) is 2.03. The van der Waals surface area contributed by atoms with Gasteiger partial charge in [0.05, 0.1) is 13.3 Å². The SMILES string of the molecule is COc1c(C)cccc1C1=Cc2cnn(-c3ccccn3)c(=O)c2CC1. The minimum absolute atomic E-state index is 0.104. The molecule has 0 fully saturated rings. The Morgan fingerprint density at radius 3 is 2.77 bits per heavy atom. The van der Waals surface area contributed by atoms with Gasteiger partial charge in [-0.15, -0.1) is 0 Å². The number of hydrogen-bond acceptors (Lipinski definition) is 4. The lowest BCUT2D eigenvalue weighted by Gasteiger charge is -2.19. The molecule has 0 amide bonds. The molecular weight excluding hydrogens is 326 g/mol. The van der Waals surface area contributed by atoms with Crippen LogP contribution in [-0.2, 0) is 6.42 Å². The Kier molecular flexibility index (Phi) is 4.13. The van der Waals surface area contributed by atoms with Crippen LogP contribution in [0.5, 0.6) is 5.75 Å². The van der Waals surface area contributed by atoms with Crippen LogP contribution >= 0.6 is 0 Å². The normalized spacial score (nSPS) is 13.1. The van der Waals surface area contributed by atoms with Crippen molar-refractivity contribution in [2.75, 3.05) is 7.11 Å². The average molecular weight is 345 g/mol. The number of hydrogen-bond donors (Lipinski definition) is 0. The van der Waals surface area contributed by atoms with Gasteiger partial charge in [-0.25, -0.2) is 4.98 Å². The molecule has 0 bridgehead atoms. The zero-order valence-electron chi connectivity index (χ0n) is 14.8. The number of aryl methyl sites for hydroxylation is 1. The van der Waals surface area contributed by atoms with Gasteiger partial charge in [0.2, 0.25) is 0 Å². The molecule has 26 heavy (non-hydrogen) atoms. The molecule has 0 spiro atoms. The van der Waals surface area contributed by atoms with Crippen molar-refractivity contribution in [3.8, 4) is 11.6 Å². The molecule has 1 aromatic carbocycles. The maximum atomic E-state index is 12.8. The van der Waals surface area contributed by atoms with E-state index in [1.165, 1.54) is 4.68 Å². The van der Waals surface area contributed by atoms with E-state index in [4.69, 9.17) is 4.74 Å². The Balaban J connectivity index is 1.80. The van der Waals surface area contributed by atoms with E-state index in [1.54, 1.807) is 25.6 Å². The second-order valence-electron chi connectivity index (χ2n) is 6.31. The van der Waals surface area contributed by atoms with Crippen molar-refractivity contribution >= 4 is 11.6 Å². The van der Waals surface area contributed by atoms with E-state index in [2.05, 4.69) is 16.1 Å². The second-order valence-corrected chi connectivity index (χ2v) is 6.31. The van der Waals surface area contributed by atoms with Gasteiger partial charge in [0.1, 0.15) is 5.75 Å². The van der Waals surface area contributed by atoms with Crippen molar-refractivity contribution in [1.29, 1.82) is 0 Å². The summed E-state index contributed by atoms with van der Waals surface area (Å²) >= 11 is 0. The molecule has 0 saturated carbocycles. The van der Waals surface area contributed by atoms with Gasteiger partial charge in [0.15, 0.2) is 5.82 Å². The fourth-order valence-electron chi connectivity index (χ4n) is 3.43. The molecule has 2 heterocycles. The van der Waals surface area contributed by atoms with Crippen LogP contribution in [0.15, 0.2) is 53.6 Å². The summed E-state index contributed by atoms with van der Waals surface area (Å²) < 4.78 is 6.95. The lowest BCUT2D eigenvalue weighted by Crippen LogP contribution is -2.27. The number of fused-ring (bicyclic) bond motifs is 1. The Labute approximate surface area is 151 Å². The van der Waals surface area contributed by atoms with E-state index in [0.29, 0.717) is 12.2 Å². The average Bonchev–Trinajstić information content (AvgIpc) is 2.68. The van der Waals surface area contributed by atoms with Gasteiger partial charge in [-0.1, -0.05) is 24.3 Å². The summed E-state index contributed by atoms with van der Waals surface area (Å²) in [4.78, 5) is 17.1. The molecule has 0 radical (unpaired) electrons. The summed E-state index contributed by atoms with van der Waals surface area (Å²) in [5, 5.41) is 4.32. The Bertz CT molecular complexity index is 1050. The molecule has 5 nitrogen and oxygen atoms in total. The van der Waals surface area contributed by atoms with Crippen LogP contribution < -0.4 is 10.3 Å². The van der Waals surface area contributed by atoms with Crippen LogP contribution in [0.1, 0.15) is 28.7 Å². The number of nitrogens with zero attached hydrogens (tertiary/aromatic N) is 3. The number of allylic oxidation sites excluding steroid dienone is 1. The largest absolute Gasteiger partial charge is 0.496 e. The zero-order valence-corrected chi connectivity index (χ0v) is 14.8. The third-order valence-electron chi connectivity index (χ3n) is 4.71. The third-order valence-corrected chi connectivity index (χ3v) is 4.71.